The molecular formula is C12H12N6. The Kier molecular flexibility index (Phi) is 3.66. The van der Waals surface area contributed by atoms with Gasteiger partial charge in [-0.15, -0.1) is 0 Å². The molecule has 0 aromatic carbocycles. The molecule has 18 heavy (non-hydrogen) atoms. The van der Waals surface area contributed by atoms with Crippen LogP contribution in [-0.4, -0.2) is 15.0 Å². The Labute approximate surface area is 105 Å². The normalized spacial score (nSPS) is 9.56. The third-order valence-electron chi connectivity index (χ3n) is 2.24. The van der Waals surface area contributed by atoms with Gasteiger partial charge in [0.05, 0.1) is 0 Å². The van der Waals surface area contributed by atoms with Crippen molar-refractivity contribution >= 4 is 11.6 Å². The molecule has 0 amide bonds. The average Bonchev–Trinajstić information content (AvgIpc) is 2.37. The highest BCUT2D eigenvalue weighted by Crippen LogP contribution is 2.11. The molecule has 2 aromatic rings. The molecule has 2 aromatic heterocycles. The van der Waals surface area contributed by atoms with E-state index >= 15 is 0 Å². The summed E-state index contributed by atoms with van der Waals surface area (Å²) in [6.45, 7) is 2.42. The molecule has 0 bridgehead atoms. The summed E-state index contributed by atoms with van der Waals surface area (Å²) >= 11 is 0. The predicted octanol–water partition coefficient (Wildman–Crippen LogP) is 1.69. The van der Waals surface area contributed by atoms with Gasteiger partial charge in [-0.05, 0) is 24.6 Å². The lowest BCUT2D eigenvalue weighted by atomic mass is 10.3. The van der Waals surface area contributed by atoms with E-state index in [2.05, 4.69) is 25.6 Å². The fourth-order valence-corrected chi connectivity index (χ4v) is 1.47. The molecule has 0 aliphatic carbocycles. The summed E-state index contributed by atoms with van der Waals surface area (Å²) in [6, 6.07) is 5.54. The second-order valence-corrected chi connectivity index (χ2v) is 3.63. The van der Waals surface area contributed by atoms with Gasteiger partial charge >= 0.3 is 0 Å². The Morgan fingerprint density at radius 1 is 1.22 bits per heavy atom. The van der Waals surface area contributed by atoms with Gasteiger partial charge in [-0.25, -0.2) is 9.97 Å². The average molecular weight is 240 g/mol. The largest absolute Gasteiger partial charge is 0.366 e. The molecule has 0 aliphatic rings. The van der Waals surface area contributed by atoms with Crippen LogP contribution in [0.3, 0.4) is 0 Å². The Balaban J connectivity index is 2.07. The summed E-state index contributed by atoms with van der Waals surface area (Å²) in [5.41, 5.74) is 1.11. The van der Waals surface area contributed by atoms with E-state index < -0.39 is 0 Å². The fourth-order valence-electron chi connectivity index (χ4n) is 1.47. The van der Waals surface area contributed by atoms with Crippen molar-refractivity contribution < 1.29 is 0 Å². The number of rotatable bonds is 4. The molecule has 0 aliphatic heterocycles. The minimum Gasteiger partial charge on any atom is -0.366 e. The van der Waals surface area contributed by atoms with Gasteiger partial charge in [0, 0.05) is 25.0 Å². The number of aryl methyl sites for hydroxylation is 1. The van der Waals surface area contributed by atoms with Gasteiger partial charge in [-0.1, -0.05) is 0 Å². The van der Waals surface area contributed by atoms with Crippen molar-refractivity contribution in [3.8, 4) is 6.19 Å². The van der Waals surface area contributed by atoms with Crippen molar-refractivity contribution in [1.82, 2.24) is 15.0 Å². The van der Waals surface area contributed by atoms with E-state index in [-0.39, 0.29) is 0 Å². The molecule has 0 saturated carbocycles. The topological polar surface area (TPSA) is 86.5 Å². The van der Waals surface area contributed by atoms with Crippen molar-refractivity contribution in [3.05, 3.63) is 42.0 Å². The van der Waals surface area contributed by atoms with Crippen LogP contribution in [0.25, 0.3) is 0 Å². The summed E-state index contributed by atoms with van der Waals surface area (Å²) in [5, 5.41) is 14.2. The first-order valence-corrected chi connectivity index (χ1v) is 5.41. The van der Waals surface area contributed by atoms with Crippen molar-refractivity contribution in [3.63, 3.8) is 0 Å². The lowest BCUT2D eigenvalue weighted by Gasteiger charge is -2.07. The van der Waals surface area contributed by atoms with Crippen LogP contribution in [0.2, 0.25) is 0 Å². The summed E-state index contributed by atoms with van der Waals surface area (Å²) in [7, 11) is 0. The fraction of sp³-hybridized carbons (Fsp3) is 0.167. The number of nitrogens with one attached hydrogen (secondary N) is 2. The molecule has 0 radical (unpaired) electrons. The van der Waals surface area contributed by atoms with Gasteiger partial charge in [0.15, 0.2) is 6.19 Å². The van der Waals surface area contributed by atoms with Gasteiger partial charge in [-0.3, -0.25) is 10.3 Å². The highest BCUT2D eigenvalue weighted by molar-refractivity contribution is 5.49. The molecule has 6 heteroatoms. The highest BCUT2D eigenvalue weighted by atomic mass is 15.1. The maximum absolute atomic E-state index is 8.56. The van der Waals surface area contributed by atoms with E-state index in [9.17, 15) is 0 Å². The maximum Gasteiger partial charge on any atom is 0.182 e. The Morgan fingerprint density at radius 2 is 1.94 bits per heavy atom. The quantitative estimate of drug-likeness (QED) is 0.624. The number of nitriles is 1. The molecule has 2 N–H and O–H groups in total. The second-order valence-electron chi connectivity index (χ2n) is 3.63. The van der Waals surface area contributed by atoms with Crippen LogP contribution < -0.4 is 10.6 Å². The Bertz CT molecular complexity index is 561. The van der Waals surface area contributed by atoms with E-state index in [1.807, 2.05) is 18.3 Å². The van der Waals surface area contributed by atoms with E-state index in [4.69, 9.17) is 5.26 Å². The van der Waals surface area contributed by atoms with Crippen molar-refractivity contribution in [2.45, 2.75) is 13.5 Å². The first kappa shape index (κ1) is 11.8. The lowest BCUT2D eigenvalue weighted by Crippen LogP contribution is -2.04. The van der Waals surface area contributed by atoms with Gasteiger partial charge < -0.3 is 5.32 Å². The smallest absolute Gasteiger partial charge is 0.182 e. The molecule has 6 nitrogen and oxygen atoms in total. The SMILES string of the molecule is Cc1nc(NC#N)cc(NCc2ccncc2)n1. The molecule has 2 heterocycles. The van der Waals surface area contributed by atoms with Crippen molar-refractivity contribution in [2.24, 2.45) is 0 Å². The van der Waals surface area contributed by atoms with E-state index in [1.54, 1.807) is 25.4 Å². The highest BCUT2D eigenvalue weighted by Gasteiger charge is 2.01. The summed E-state index contributed by atoms with van der Waals surface area (Å²) in [5.74, 6) is 1.77. The van der Waals surface area contributed by atoms with E-state index in [0.717, 1.165) is 5.56 Å². The van der Waals surface area contributed by atoms with Gasteiger partial charge in [-0.2, -0.15) is 5.26 Å². The minimum atomic E-state index is 0.488. The van der Waals surface area contributed by atoms with Gasteiger partial charge in [0.2, 0.25) is 0 Å². The summed E-state index contributed by atoms with van der Waals surface area (Å²) < 4.78 is 0. The number of hydrogen-bond acceptors (Lipinski definition) is 6. The third kappa shape index (κ3) is 3.15. The second kappa shape index (κ2) is 5.59. The van der Waals surface area contributed by atoms with E-state index in [1.165, 1.54) is 0 Å². The number of nitrogens with zero attached hydrogens (tertiary/aromatic N) is 4. The lowest BCUT2D eigenvalue weighted by molar-refractivity contribution is 1.02. The summed E-state index contributed by atoms with van der Waals surface area (Å²) in [4.78, 5) is 12.3. The zero-order valence-electron chi connectivity index (χ0n) is 9.88. The number of pyridine rings is 1. The van der Waals surface area contributed by atoms with Crippen LogP contribution in [0.5, 0.6) is 0 Å². The van der Waals surface area contributed by atoms with Crippen LogP contribution >= 0.6 is 0 Å². The Hall–Kier alpha value is -2.68. The molecule has 0 atom stereocenters. The Morgan fingerprint density at radius 3 is 2.67 bits per heavy atom. The molecule has 0 spiro atoms. The van der Waals surface area contributed by atoms with E-state index in [0.29, 0.717) is 24.0 Å². The number of anilines is 2. The summed E-state index contributed by atoms with van der Waals surface area (Å²) in [6.07, 6.45) is 5.32. The molecule has 0 fully saturated rings. The van der Waals surface area contributed by atoms with Crippen LogP contribution in [0.4, 0.5) is 11.6 Å². The molecule has 90 valence electrons. The molecule has 2 rings (SSSR count). The maximum atomic E-state index is 8.56. The van der Waals surface area contributed by atoms with Crippen LogP contribution in [0.1, 0.15) is 11.4 Å². The molecular weight excluding hydrogens is 228 g/mol. The zero-order chi connectivity index (χ0) is 12.8. The predicted molar refractivity (Wildman–Crippen MR) is 67.6 cm³/mol. The third-order valence-corrected chi connectivity index (χ3v) is 2.24. The van der Waals surface area contributed by atoms with Crippen molar-refractivity contribution in [2.75, 3.05) is 10.6 Å². The van der Waals surface area contributed by atoms with Crippen LogP contribution in [-0.2, 0) is 6.54 Å². The monoisotopic (exact) mass is 240 g/mol. The number of aromatic nitrogens is 3. The van der Waals surface area contributed by atoms with Crippen LogP contribution in [0.15, 0.2) is 30.6 Å². The number of hydrogen-bond donors (Lipinski definition) is 2. The van der Waals surface area contributed by atoms with Gasteiger partial charge in [0.25, 0.3) is 0 Å². The van der Waals surface area contributed by atoms with Crippen LogP contribution in [0, 0.1) is 18.4 Å². The first-order chi connectivity index (χ1) is 8.78. The zero-order valence-corrected chi connectivity index (χ0v) is 9.88. The van der Waals surface area contributed by atoms with Crippen molar-refractivity contribution in [1.29, 1.82) is 5.26 Å². The molecule has 0 unspecified atom stereocenters. The minimum absolute atomic E-state index is 0.488. The molecule has 0 saturated heterocycles. The first-order valence-electron chi connectivity index (χ1n) is 5.41. The van der Waals surface area contributed by atoms with Gasteiger partial charge in [0.1, 0.15) is 17.5 Å². The standard InChI is InChI=1S/C12H12N6/c1-9-17-11(6-12(18-9)16-8-13)15-7-10-2-4-14-5-3-10/h2-6H,7H2,1H3,(H2,15,16,17,18).